The summed E-state index contributed by atoms with van der Waals surface area (Å²) in [5, 5.41) is 2.79. The van der Waals surface area contributed by atoms with Gasteiger partial charge in [0.15, 0.2) is 0 Å². The molecule has 0 unspecified atom stereocenters. The molecule has 1 aromatic heterocycles. The van der Waals surface area contributed by atoms with Crippen molar-refractivity contribution in [3.63, 3.8) is 0 Å². The topological polar surface area (TPSA) is 73.2 Å². The largest absolute Gasteiger partial charge is 0.493 e. The molecule has 0 aliphatic carbocycles. The van der Waals surface area contributed by atoms with Crippen molar-refractivity contribution in [2.75, 3.05) is 13.2 Å². The normalized spacial score (nSPS) is 10.3. The van der Waals surface area contributed by atoms with Gasteiger partial charge in [0.05, 0.1) is 18.5 Å². The molecule has 22 heavy (non-hydrogen) atoms. The first kappa shape index (κ1) is 15.8. The van der Waals surface area contributed by atoms with Gasteiger partial charge >= 0.3 is 0 Å². The SMILES string of the molecule is CCOc1ccccc1C(=O)NCCn1cncc(C)c1=O. The molecular formula is C16H19N3O3. The number of aryl methyl sites for hydroxylation is 1. The maximum Gasteiger partial charge on any atom is 0.256 e. The highest BCUT2D eigenvalue weighted by molar-refractivity contribution is 5.96. The molecule has 6 heteroatoms. The molecule has 1 amide bonds. The predicted octanol–water partition coefficient (Wildman–Crippen LogP) is 1.38. The zero-order chi connectivity index (χ0) is 15.9. The third-order valence-electron chi connectivity index (χ3n) is 3.14. The third-order valence-corrected chi connectivity index (χ3v) is 3.14. The number of aromatic nitrogens is 2. The van der Waals surface area contributed by atoms with E-state index in [2.05, 4.69) is 10.3 Å². The number of nitrogens with zero attached hydrogens (tertiary/aromatic N) is 2. The minimum atomic E-state index is -0.224. The lowest BCUT2D eigenvalue weighted by Crippen LogP contribution is -2.31. The van der Waals surface area contributed by atoms with Gasteiger partial charge in [-0.2, -0.15) is 0 Å². The Morgan fingerprint density at radius 2 is 2.14 bits per heavy atom. The fourth-order valence-corrected chi connectivity index (χ4v) is 2.04. The number of benzene rings is 1. The maximum atomic E-state index is 12.2. The lowest BCUT2D eigenvalue weighted by molar-refractivity contribution is 0.0948. The Kier molecular flexibility index (Phi) is 5.30. The van der Waals surface area contributed by atoms with E-state index in [0.29, 0.717) is 36.6 Å². The zero-order valence-corrected chi connectivity index (χ0v) is 12.7. The molecule has 0 bridgehead atoms. The molecule has 0 spiro atoms. The van der Waals surface area contributed by atoms with E-state index in [1.807, 2.05) is 13.0 Å². The molecule has 2 aromatic rings. The Bertz CT molecular complexity index is 710. The maximum absolute atomic E-state index is 12.2. The Morgan fingerprint density at radius 3 is 2.91 bits per heavy atom. The van der Waals surface area contributed by atoms with Crippen LogP contribution >= 0.6 is 0 Å². The molecule has 2 rings (SSSR count). The van der Waals surface area contributed by atoms with Gasteiger partial charge in [0.25, 0.3) is 11.5 Å². The van der Waals surface area contributed by atoms with Crippen LogP contribution < -0.4 is 15.6 Å². The van der Waals surface area contributed by atoms with Gasteiger partial charge in [-0.15, -0.1) is 0 Å². The van der Waals surface area contributed by atoms with E-state index in [9.17, 15) is 9.59 Å². The summed E-state index contributed by atoms with van der Waals surface area (Å²) in [7, 11) is 0. The molecule has 1 aromatic carbocycles. The summed E-state index contributed by atoms with van der Waals surface area (Å²) < 4.78 is 6.91. The summed E-state index contributed by atoms with van der Waals surface area (Å²) >= 11 is 0. The fraction of sp³-hybridized carbons (Fsp3) is 0.312. The number of carbonyl (C=O) groups excluding carboxylic acids is 1. The Hall–Kier alpha value is -2.63. The molecule has 0 aliphatic rings. The van der Waals surface area contributed by atoms with Crippen LogP contribution in [0.5, 0.6) is 5.75 Å². The van der Waals surface area contributed by atoms with Gasteiger partial charge in [-0.3, -0.25) is 14.2 Å². The summed E-state index contributed by atoms with van der Waals surface area (Å²) in [6.07, 6.45) is 2.99. The molecule has 6 nitrogen and oxygen atoms in total. The van der Waals surface area contributed by atoms with Crippen LogP contribution in [0.25, 0.3) is 0 Å². The molecular weight excluding hydrogens is 282 g/mol. The number of ether oxygens (including phenoxy) is 1. The van der Waals surface area contributed by atoms with Crippen molar-refractivity contribution < 1.29 is 9.53 Å². The number of rotatable bonds is 6. The number of para-hydroxylation sites is 1. The van der Waals surface area contributed by atoms with Gasteiger partial charge in [-0.05, 0) is 26.0 Å². The highest BCUT2D eigenvalue weighted by Gasteiger charge is 2.11. The van der Waals surface area contributed by atoms with Crippen LogP contribution in [0.1, 0.15) is 22.8 Å². The Balaban J connectivity index is 1.99. The van der Waals surface area contributed by atoms with Gasteiger partial charge in [-0.25, -0.2) is 4.98 Å². The lowest BCUT2D eigenvalue weighted by Gasteiger charge is -2.11. The number of hydrogen-bond donors (Lipinski definition) is 1. The van der Waals surface area contributed by atoms with Gasteiger partial charge in [-0.1, -0.05) is 12.1 Å². The van der Waals surface area contributed by atoms with Crippen LogP contribution in [0.4, 0.5) is 0 Å². The quantitative estimate of drug-likeness (QED) is 0.875. The second kappa shape index (κ2) is 7.40. The van der Waals surface area contributed by atoms with Gasteiger partial charge < -0.3 is 10.1 Å². The number of nitrogens with one attached hydrogen (secondary N) is 1. The minimum absolute atomic E-state index is 0.0982. The second-order valence-electron chi connectivity index (χ2n) is 4.76. The summed E-state index contributed by atoms with van der Waals surface area (Å²) in [5.74, 6) is 0.328. The minimum Gasteiger partial charge on any atom is -0.493 e. The molecule has 0 radical (unpaired) electrons. The number of carbonyl (C=O) groups is 1. The average molecular weight is 301 g/mol. The van der Waals surface area contributed by atoms with E-state index in [1.54, 1.807) is 25.1 Å². The first-order valence-corrected chi connectivity index (χ1v) is 7.14. The van der Waals surface area contributed by atoms with E-state index < -0.39 is 0 Å². The Labute approximate surface area is 128 Å². The van der Waals surface area contributed by atoms with E-state index in [0.717, 1.165) is 0 Å². The van der Waals surface area contributed by atoms with Crippen molar-refractivity contribution in [2.45, 2.75) is 20.4 Å². The van der Waals surface area contributed by atoms with Gasteiger partial charge in [0.1, 0.15) is 5.75 Å². The Morgan fingerprint density at radius 1 is 1.36 bits per heavy atom. The summed E-state index contributed by atoms with van der Waals surface area (Å²) in [6, 6.07) is 7.07. The van der Waals surface area contributed by atoms with Crippen molar-refractivity contribution in [3.8, 4) is 5.75 Å². The number of hydrogen-bond acceptors (Lipinski definition) is 4. The van der Waals surface area contributed by atoms with Crippen molar-refractivity contribution >= 4 is 5.91 Å². The first-order chi connectivity index (χ1) is 10.6. The van der Waals surface area contributed by atoms with E-state index in [4.69, 9.17) is 4.74 Å². The highest BCUT2D eigenvalue weighted by atomic mass is 16.5. The molecule has 0 fully saturated rings. The van der Waals surface area contributed by atoms with Crippen LogP contribution in [0.2, 0.25) is 0 Å². The molecule has 1 heterocycles. The zero-order valence-electron chi connectivity index (χ0n) is 12.7. The van der Waals surface area contributed by atoms with Crippen LogP contribution in [-0.2, 0) is 6.54 Å². The van der Waals surface area contributed by atoms with Crippen molar-refractivity contribution in [3.05, 3.63) is 58.3 Å². The van der Waals surface area contributed by atoms with E-state index in [1.165, 1.54) is 17.1 Å². The fourth-order valence-electron chi connectivity index (χ4n) is 2.04. The molecule has 0 saturated carbocycles. The molecule has 0 aliphatic heterocycles. The van der Waals surface area contributed by atoms with Crippen molar-refractivity contribution in [2.24, 2.45) is 0 Å². The summed E-state index contributed by atoms with van der Waals surface area (Å²) in [5.41, 5.74) is 0.966. The van der Waals surface area contributed by atoms with Gasteiger partial charge in [0.2, 0.25) is 0 Å². The first-order valence-electron chi connectivity index (χ1n) is 7.14. The average Bonchev–Trinajstić information content (AvgIpc) is 2.52. The highest BCUT2D eigenvalue weighted by Crippen LogP contribution is 2.17. The van der Waals surface area contributed by atoms with E-state index >= 15 is 0 Å². The summed E-state index contributed by atoms with van der Waals surface area (Å²) in [6.45, 7) is 4.78. The summed E-state index contributed by atoms with van der Waals surface area (Å²) in [4.78, 5) is 28.0. The molecule has 1 N–H and O–H groups in total. The third kappa shape index (κ3) is 3.72. The predicted molar refractivity (Wildman–Crippen MR) is 83.2 cm³/mol. The molecule has 116 valence electrons. The monoisotopic (exact) mass is 301 g/mol. The van der Waals surface area contributed by atoms with Crippen LogP contribution in [0, 0.1) is 6.92 Å². The van der Waals surface area contributed by atoms with E-state index in [-0.39, 0.29) is 11.5 Å². The van der Waals surface area contributed by atoms with Crippen LogP contribution in [0.3, 0.4) is 0 Å². The van der Waals surface area contributed by atoms with Crippen LogP contribution in [0.15, 0.2) is 41.6 Å². The van der Waals surface area contributed by atoms with Crippen molar-refractivity contribution in [1.29, 1.82) is 0 Å². The second-order valence-corrected chi connectivity index (χ2v) is 4.76. The molecule has 0 saturated heterocycles. The lowest BCUT2D eigenvalue weighted by atomic mass is 10.2. The van der Waals surface area contributed by atoms with Gasteiger partial charge in [0, 0.05) is 24.8 Å². The van der Waals surface area contributed by atoms with Crippen LogP contribution in [-0.4, -0.2) is 28.6 Å². The molecule has 0 atom stereocenters. The standard InChI is InChI=1S/C16H19N3O3/c1-3-22-14-7-5-4-6-13(14)15(20)18-8-9-19-11-17-10-12(2)16(19)21/h4-7,10-11H,3,8-9H2,1-2H3,(H,18,20). The smallest absolute Gasteiger partial charge is 0.256 e. The van der Waals surface area contributed by atoms with Crippen molar-refractivity contribution in [1.82, 2.24) is 14.9 Å². The number of amides is 1.